The minimum atomic E-state index is -4.02. The smallest absolute Gasteiger partial charge is 0.407 e. The lowest BCUT2D eigenvalue weighted by atomic mass is 10.0. The van der Waals surface area contributed by atoms with Crippen molar-refractivity contribution in [1.82, 2.24) is 20.5 Å². The van der Waals surface area contributed by atoms with Gasteiger partial charge in [0.1, 0.15) is 16.8 Å². The maximum Gasteiger partial charge on any atom is 0.407 e. The molecule has 2 aromatic heterocycles. The van der Waals surface area contributed by atoms with Gasteiger partial charge in [0.25, 0.3) is 0 Å². The number of pyridine rings is 1. The van der Waals surface area contributed by atoms with E-state index < -0.39 is 41.9 Å². The molecule has 5 N–H and O–H groups in total. The number of nitrogens with zero attached hydrogens (tertiary/aromatic N) is 2. The number of aromatic amines is 1. The molecule has 0 aromatic carbocycles. The first-order chi connectivity index (χ1) is 16.4. The highest BCUT2D eigenvalue weighted by molar-refractivity contribution is 7.89. The highest BCUT2D eigenvalue weighted by atomic mass is 35.5. The molecule has 0 radical (unpaired) electrons. The highest BCUT2D eigenvalue weighted by Crippen LogP contribution is 2.36. The lowest BCUT2D eigenvalue weighted by Crippen LogP contribution is -2.33. The van der Waals surface area contributed by atoms with Crippen molar-refractivity contribution < 1.29 is 27.5 Å². The SMILES string of the molecule is [2H]C([2H])([2H])C([2H])(NC(=O)O[C@@H]1CC[C@H](c2cc(Nc3ccc(S(N)(=O)=O)c(Cl)n3)n[nH]2)C1)C([2H])([2H])[2H]. The van der Waals surface area contributed by atoms with Gasteiger partial charge in [-0.1, -0.05) is 11.6 Å². The number of hydrogen-bond donors (Lipinski definition) is 4. The standard InChI is InChI=1S/C17H23ClN6O4S/c1-9(2)20-17(25)28-11-4-3-10(7-11)12-8-15(24-23-12)21-14-6-5-13(16(18)22-14)29(19,26)27/h5-6,8-11H,3-4,7H2,1-2H3,(H,20,25)(H2,19,26,27)(H2,21,22,23,24)/t10-,11+/m0/s1/i1D3,2D3,9D. The Hall–Kier alpha value is -2.37. The van der Waals surface area contributed by atoms with Gasteiger partial charge in [0.15, 0.2) is 11.0 Å². The van der Waals surface area contributed by atoms with Crippen LogP contribution in [0, 0.1) is 0 Å². The Bertz CT molecular complexity index is 1220. The number of anilines is 2. The number of sulfonamides is 1. The van der Waals surface area contributed by atoms with E-state index in [-0.39, 0.29) is 21.8 Å². The largest absolute Gasteiger partial charge is 0.446 e. The third kappa shape index (κ3) is 5.58. The predicted octanol–water partition coefficient (Wildman–Crippen LogP) is 2.62. The summed E-state index contributed by atoms with van der Waals surface area (Å²) in [6.07, 6.45) is -0.607. The molecular weight excluding hydrogens is 420 g/mol. The maximum atomic E-state index is 12.2. The number of ether oxygens (including phenoxy) is 1. The monoisotopic (exact) mass is 449 g/mol. The molecule has 0 aliphatic heterocycles. The summed E-state index contributed by atoms with van der Waals surface area (Å²) >= 11 is 5.88. The van der Waals surface area contributed by atoms with Gasteiger partial charge >= 0.3 is 6.09 Å². The molecule has 0 bridgehead atoms. The molecule has 3 rings (SSSR count). The van der Waals surface area contributed by atoms with Crippen LogP contribution in [0.1, 0.15) is 54.2 Å². The number of carbonyl (C=O) groups is 1. The number of alkyl carbamates (subject to hydrolysis) is 1. The molecule has 1 saturated carbocycles. The lowest BCUT2D eigenvalue weighted by Gasteiger charge is -2.14. The number of amides is 1. The quantitative estimate of drug-likeness (QED) is 0.494. The fourth-order valence-corrected chi connectivity index (χ4v) is 4.07. The molecule has 29 heavy (non-hydrogen) atoms. The van der Waals surface area contributed by atoms with Crippen LogP contribution in [0.15, 0.2) is 23.1 Å². The lowest BCUT2D eigenvalue weighted by molar-refractivity contribution is 0.0981. The van der Waals surface area contributed by atoms with Gasteiger partial charge in [0.2, 0.25) is 10.0 Å². The van der Waals surface area contributed by atoms with Crippen LogP contribution in [0.4, 0.5) is 16.4 Å². The molecule has 12 heteroatoms. The van der Waals surface area contributed by atoms with E-state index in [1.165, 1.54) is 12.1 Å². The van der Waals surface area contributed by atoms with E-state index in [0.29, 0.717) is 30.8 Å². The Morgan fingerprint density at radius 1 is 1.45 bits per heavy atom. The molecule has 2 aromatic rings. The van der Waals surface area contributed by atoms with Gasteiger partial charge in [0.05, 0.1) is 1.37 Å². The van der Waals surface area contributed by atoms with Crippen LogP contribution in [0.3, 0.4) is 0 Å². The van der Waals surface area contributed by atoms with E-state index in [2.05, 4.69) is 20.5 Å². The number of aromatic nitrogens is 3. The summed E-state index contributed by atoms with van der Waals surface area (Å²) in [4.78, 5) is 15.8. The fraction of sp³-hybridized carbons (Fsp3) is 0.471. The highest BCUT2D eigenvalue weighted by Gasteiger charge is 2.30. The van der Waals surface area contributed by atoms with Crippen molar-refractivity contribution in [1.29, 1.82) is 0 Å². The number of H-pyrrole nitrogens is 1. The maximum absolute atomic E-state index is 12.2. The number of carbonyl (C=O) groups excluding carboxylic acids is 1. The molecule has 1 aliphatic rings. The number of primary sulfonamides is 1. The number of nitrogens with two attached hydrogens (primary N) is 1. The second-order valence-electron chi connectivity index (χ2n) is 6.40. The van der Waals surface area contributed by atoms with Gasteiger partial charge in [-0.25, -0.2) is 23.3 Å². The van der Waals surface area contributed by atoms with Crippen molar-refractivity contribution in [3.8, 4) is 0 Å². The van der Waals surface area contributed by atoms with Gasteiger partial charge in [-0.3, -0.25) is 5.10 Å². The third-order valence-corrected chi connectivity index (χ3v) is 5.64. The summed E-state index contributed by atoms with van der Waals surface area (Å²) in [6.45, 7) is -6.63. The van der Waals surface area contributed by atoms with Gasteiger partial charge in [-0.15, -0.1) is 0 Å². The Morgan fingerprint density at radius 2 is 2.24 bits per heavy atom. The molecule has 2 heterocycles. The summed E-state index contributed by atoms with van der Waals surface area (Å²) in [5, 5.41) is 16.3. The van der Waals surface area contributed by atoms with Crippen LogP contribution in [0.25, 0.3) is 0 Å². The summed E-state index contributed by atoms with van der Waals surface area (Å²) in [7, 11) is -4.02. The van der Waals surface area contributed by atoms with Crippen LogP contribution >= 0.6 is 11.6 Å². The molecule has 0 saturated heterocycles. The average molecular weight is 450 g/mol. The number of rotatable bonds is 6. The molecule has 1 aliphatic carbocycles. The van der Waals surface area contributed by atoms with Gasteiger partial charge < -0.3 is 15.4 Å². The van der Waals surface area contributed by atoms with Crippen LogP contribution in [0.5, 0.6) is 0 Å². The average Bonchev–Trinajstić information content (AvgIpc) is 3.34. The second-order valence-corrected chi connectivity index (χ2v) is 8.29. The number of nitrogens with one attached hydrogen (secondary N) is 3. The van der Waals surface area contributed by atoms with E-state index in [1.807, 2.05) is 0 Å². The fourth-order valence-electron chi connectivity index (χ4n) is 3.06. The number of hydrogen-bond acceptors (Lipinski definition) is 7. The van der Waals surface area contributed by atoms with Crippen molar-refractivity contribution in [3.05, 3.63) is 29.0 Å². The summed E-state index contributed by atoms with van der Waals surface area (Å²) < 4.78 is 80.0. The molecule has 0 spiro atoms. The summed E-state index contributed by atoms with van der Waals surface area (Å²) in [5.41, 5.74) is 0.691. The number of halogens is 1. The molecule has 10 nitrogen and oxygen atoms in total. The Balaban J connectivity index is 1.60. The Kier molecular flexibility index (Phi) is 4.07. The normalized spacial score (nSPS) is 24.1. The van der Waals surface area contributed by atoms with Crippen molar-refractivity contribution in [2.75, 3.05) is 5.32 Å². The topological polar surface area (TPSA) is 152 Å². The first-order valence-electron chi connectivity index (χ1n) is 11.9. The zero-order chi connectivity index (χ0) is 27.1. The van der Waals surface area contributed by atoms with Crippen molar-refractivity contribution in [3.63, 3.8) is 0 Å². The van der Waals surface area contributed by atoms with Gasteiger partial charge in [-0.2, -0.15) is 5.10 Å². The van der Waals surface area contributed by atoms with E-state index in [1.54, 1.807) is 11.4 Å². The summed E-state index contributed by atoms with van der Waals surface area (Å²) in [6, 6.07) is 1.02. The van der Waals surface area contributed by atoms with E-state index in [4.69, 9.17) is 31.1 Å². The van der Waals surface area contributed by atoms with Gasteiger partial charge in [0, 0.05) is 31.9 Å². The first-order valence-corrected chi connectivity index (χ1v) is 10.3. The minimum Gasteiger partial charge on any atom is -0.446 e. The second kappa shape index (κ2) is 8.56. The van der Waals surface area contributed by atoms with Gasteiger partial charge in [-0.05, 0) is 45.1 Å². The van der Waals surface area contributed by atoms with E-state index >= 15 is 0 Å². The molecule has 1 fully saturated rings. The van der Waals surface area contributed by atoms with Crippen LogP contribution in [-0.2, 0) is 14.8 Å². The van der Waals surface area contributed by atoms with Crippen LogP contribution in [-0.4, -0.2) is 41.8 Å². The van der Waals surface area contributed by atoms with E-state index in [0.717, 1.165) is 0 Å². The van der Waals surface area contributed by atoms with Crippen molar-refractivity contribution >= 4 is 39.4 Å². The van der Waals surface area contributed by atoms with Crippen molar-refractivity contribution in [2.24, 2.45) is 5.14 Å². The molecule has 158 valence electrons. The van der Waals surface area contributed by atoms with Crippen molar-refractivity contribution in [2.45, 2.75) is 55.9 Å². The molecule has 2 atom stereocenters. The minimum absolute atomic E-state index is 0.113. The van der Waals surface area contributed by atoms with E-state index in [9.17, 15) is 13.2 Å². The predicted molar refractivity (Wildman–Crippen MR) is 108 cm³/mol. The van der Waals surface area contributed by atoms with Crippen LogP contribution in [0.2, 0.25) is 5.15 Å². The zero-order valence-corrected chi connectivity index (χ0v) is 16.5. The third-order valence-electron chi connectivity index (χ3n) is 4.30. The molecular formula is C17H23ClN6O4S. The molecule has 1 amide bonds. The Morgan fingerprint density at radius 3 is 2.93 bits per heavy atom. The summed E-state index contributed by atoms with van der Waals surface area (Å²) in [5.74, 6) is 0.462. The zero-order valence-electron chi connectivity index (χ0n) is 21.9. The molecule has 0 unspecified atom stereocenters. The first kappa shape index (κ1) is 13.8. The van der Waals surface area contributed by atoms with Crippen LogP contribution < -0.4 is 15.8 Å². The Labute approximate surface area is 183 Å².